The number of amides is 1. The molecule has 12 heteroatoms. The zero-order chi connectivity index (χ0) is 24.5. The molecular formula is C21H23F6N3O3. The van der Waals surface area contributed by atoms with Gasteiger partial charge in [0.15, 0.2) is 11.6 Å². The molecule has 2 N–H and O–H groups in total. The first-order chi connectivity index (χ1) is 15.3. The molecule has 2 saturated heterocycles. The lowest BCUT2D eigenvalue weighted by Gasteiger charge is -2.26. The summed E-state index contributed by atoms with van der Waals surface area (Å²) in [5.41, 5.74) is 5.78. The van der Waals surface area contributed by atoms with Crippen molar-refractivity contribution in [1.29, 1.82) is 0 Å². The fourth-order valence-corrected chi connectivity index (χ4v) is 4.48. The molecule has 1 aromatic rings. The highest BCUT2D eigenvalue weighted by molar-refractivity contribution is 6.38. The number of likely N-dealkylation sites (tertiary alicyclic amines) is 2. The average Bonchev–Trinajstić information content (AvgIpc) is 3.24. The van der Waals surface area contributed by atoms with Crippen LogP contribution < -0.4 is 5.73 Å². The molecule has 0 unspecified atom stereocenters. The van der Waals surface area contributed by atoms with Gasteiger partial charge in [0, 0.05) is 44.2 Å². The second kappa shape index (κ2) is 9.80. The number of halogens is 6. The summed E-state index contributed by atoms with van der Waals surface area (Å²) >= 11 is 0. The Hall–Kier alpha value is -2.47. The van der Waals surface area contributed by atoms with Crippen molar-refractivity contribution in [2.24, 2.45) is 11.7 Å². The molecule has 3 atom stereocenters. The number of hydrogen-bond donors (Lipinski definition) is 1. The zero-order valence-corrected chi connectivity index (χ0v) is 17.5. The van der Waals surface area contributed by atoms with Gasteiger partial charge in [0.2, 0.25) is 17.5 Å². The molecular weight excluding hydrogens is 456 g/mol. The topological polar surface area (TPSA) is 83.7 Å². The summed E-state index contributed by atoms with van der Waals surface area (Å²) < 4.78 is 77.2. The van der Waals surface area contributed by atoms with E-state index in [9.17, 15) is 40.7 Å². The highest BCUT2D eigenvalue weighted by Gasteiger charge is 2.44. The molecule has 2 heterocycles. The van der Waals surface area contributed by atoms with E-state index in [4.69, 9.17) is 5.73 Å². The van der Waals surface area contributed by atoms with Crippen LogP contribution in [0.5, 0.6) is 0 Å². The molecule has 0 aromatic heterocycles. The van der Waals surface area contributed by atoms with E-state index in [1.165, 1.54) is 0 Å². The van der Waals surface area contributed by atoms with Gasteiger partial charge in [-0.05, 0) is 30.4 Å². The van der Waals surface area contributed by atoms with Gasteiger partial charge in [0.25, 0.3) is 0 Å². The Morgan fingerprint density at radius 2 is 1.70 bits per heavy atom. The summed E-state index contributed by atoms with van der Waals surface area (Å²) in [7, 11) is 0. The Labute approximate surface area is 185 Å². The minimum absolute atomic E-state index is 0.000619. The van der Waals surface area contributed by atoms with Gasteiger partial charge >= 0.3 is 6.18 Å². The van der Waals surface area contributed by atoms with Crippen LogP contribution in [0.1, 0.15) is 24.8 Å². The standard InChI is InChI=1S/C21H23F6N3O3/c22-14-6-16(24)15(23)4-12(14)3-13(28)5-20(33)30-2-1-11-8-29(9-17(11)30)10-19(32)18(31)7-21(25,26)27/h4,6,11,13,17H,1-3,5,7-10,28H2/t11-,13+,17+/m0/s1. The Balaban J connectivity index is 1.53. The molecule has 2 fully saturated rings. The summed E-state index contributed by atoms with van der Waals surface area (Å²) in [6, 6.07) is -0.0180. The molecule has 6 nitrogen and oxygen atoms in total. The van der Waals surface area contributed by atoms with Crippen molar-refractivity contribution in [3.8, 4) is 0 Å². The summed E-state index contributed by atoms with van der Waals surface area (Å²) in [4.78, 5) is 39.2. The number of nitrogens with zero attached hydrogens (tertiary/aromatic N) is 2. The van der Waals surface area contributed by atoms with E-state index in [0.29, 0.717) is 31.6 Å². The molecule has 1 aromatic carbocycles. The highest BCUT2D eigenvalue weighted by Crippen LogP contribution is 2.32. The third-order valence-corrected chi connectivity index (χ3v) is 5.99. The number of ketones is 2. The maximum Gasteiger partial charge on any atom is 0.396 e. The second-order valence-corrected chi connectivity index (χ2v) is 8.56. The summed E-state index contributed by atoms with van der Waals surface area (Å²) in [6.07, 6.45) is -6.29. The fourth-order valence-electron chi connectivity index (χ4n) is 4.48. The van der Waals surface area contributed by atoms with Crippen LogP contribution in [0.25, 0.3) is 0 Å². The summed E-state index contributed by atoms with van der Waals surface area (Å²) in [5.74, 6) is -6.47. The number of hydrogen-bond acceptors (Lipinski definition) is 5. The van der Waals surface area contributed by atoms with E-state index in [0.717, 1.165) is 0 Å². The molecule has 33 heavy (non-hydrogen) atoms. The second-order valence-electron chi connectivity index (χ2n) is 8.56. The van der Waals surface area contributed by atoms with Gasteiger partial charge in [-0.1, -0.05) is 0 Å². The smallest absolute Gasteiger partial charge is 0.338 e. The largest absolute Gasteiger partial charge is 0.396 e. The van der Waals surface area contributed by atoms with Gasteiger partial charge in [0.1, 0.15) is 12.2 Å². The fraction of sp³-hybridized carbons (Fsp3) is 0.571. The van der Waals surface area contributed by atoms with Gasteiger partial charge in [-0.2, -0.15) is 13.2 Å². The first-order valence-electron chi connectivity index (χ1n) is 10.4. The number of alkyl halides is 3. The molecule has 182 valence electrons. The Bertz CT molecular complexity index is 939. The van der Waals surface area contributed by atoms with Gasteiger partial charge in [-0.15, -0.1) is 0 Å². The molecule has 3 rings (SSSR count). The highest BCUT2D eigenvalue weighted by atomic mass is 19.4. The van der Waals surface area contributed by atoms with Crippen molar-refractivity contribution in [3.63, 3.8) is 0 Å². The van der Waals surface area contributed by atoms with Crippen LogP contribution in [0, 0.1) is 23.4 Å². The van der Waals surface area contributed by atoms with Crippen LogP contribution in [0.2, 0.25) is 0 Å². The third kappa shape index (κ3) is 6.32. The Morgan fingerprint density at radius 3 is 2.36 bits per heavy atom. The quantitative estimate of drug-likeness (QED) is 0.350. The molecule has 2 aliphatic rings. The van der Waals surface area contributed by atoms with Crippen molar-refractivity contribution >= 4 is 17.5 Å². The average molecular weight is 479 g/mol. The van der Waals surface area contributed by atoms with E-state index >= 15 is 0 Å². The van der Waals surface area contributed by atoms with E-state index in [1.807, 2.05) is 0 Å². The Morgan fingerprint density at radius 1 is 1.03 bits per heavy atom. The van der Waals surface area contributed by atoms with Gasteiger partial charge in [0.05, 0.1) is 6.54 Å². The van der Waals surface area contributed by atoms with Gasteiger partial charge in [-0.25, -0.2) is 13.2 Å². The number of benzene rings is 1. The lowest BCUT2D eigenvalue weighted by atomic mass is 10.0. The first kappa shape index (κ1) is 25.2. The number of fused-ring (bicyclic) bond motifs is 1. The molecule has 0 bridgehead atoms. The predicted molar refractivity (Wildman–Crippen MR) is 103 cm³/mol. The van der Waals surface area contributed by atoms with E-state index < -0.39 is 54.2 Å². The lowest BCUT2D eigenvalue weighted by Crippen LogP contribution is -2.43. The SMILES string of the molecule is N[C@@H](CC(=O)N1CC[C@H]2CN(CC(=O)C(=O)CC(F)(F)F)C[C@H]21)Cc1cc(F)c(F)cc1F. The van der Waals surface area contributed by atoms with E-state index in [1.54, 1.807) is 9.80 Å². The van der Waals surface area contributed by atoms with Crippen LogP contribution in [-0.2, 0) is 20.8 Å². The van der Waals surface area contributed by atoms with E-state index in [-0.39, 0.29) is 42.8 Å². The van der Waals surface area contributed by atoms with Gasteiger partial charge in [-0.3, -0.25) is 19.3 Å². The van der Waals surface area contributed by atoms with Crippen LogP contribution in [0.15, 0.2) is 12.1 Å². The maximum absolute atomic E-state index is 13.8. The lowest BCUT2D eigenvalue weighted by molar-refractivity contribution is -0.158. The number of Topliss-reactive ketones (excluding diaryl/α,β-unsaturated/α-hetero) is 2. The van der Waals surface area contributed by atoms with Crippen LogP contribution in [0.3, 0.4) is 0 Å². The normalized spacial score (nSPS) is 21.8. The number of rotatable bonds is 8. The Kier molecular flexibility index (Phi) is 7.47. The summed E-state index contributed by atoms with van der Waals surface area (Å²) in [6.45, 7) is 0.578. The monoisotopic (exact) mass is 479 g/mol. The number of carbonyl (C=O) groups excluding carboxylic acids is 3. The van der Waals surface area contributed by atoms with Crippen molar-refractivity contribution < 1.29 is 40.7 Å². The third-order valence-electron chi connectivity index (χ3n) is 5.99. The van der Waals surface area contributed by atoms with Crippen molar-refractivity contribution in [3.05, 3.63) is 35.1 Å². The minimum atomic E-state index is -4.75. The predicted octanol–water partition coefficient (Wildman–Crippen LogP) is 1.99. The van der Waals surface area contributed by atoms with Crippen molar-refractivity contribution in [1.82, 2.24) is 9.80 Å². The van der Waals surface area contributed by atoms with Crippen LogP contribution in [0.4, 0.5) is 26.3 Å². The molecule has 0 radical (unpaired) electrons. The number of carbonyl (C=O) groups is 3. The maximum atomic E-state index is 13.8. The van der Waals surface area contributed by atoms with Crippen molar-refractivity contribution in [2.45, 2.75) is 43.9 Å². The molecule has 0 aliphatic carbocycles. The summed E-state index contributed by atoms with van der Waals surface area (Å²) in [5, 5.41) is 0. The molecule has 0 saturated carbocycles. The minimum Gasteiger partial charge on any atom is -0.338 e. The number of nitrogens with two attached hydrogens (primary N) is 1. The van der Waals surface area contributed by atoms with E-state index in [2.05, 4.69) is 0 Å². The van der Waals surface area contributed by atoms with Gasteiger partial charge < -0.3 is 10.6 Å². The van der Waals surface area contributed by atoms with Crippen LogP contribution in [-0.4, -0.2) is 71.7 Å². The van der Waals surface area contributed by atoms with Crippen LogP contribution >= 0.6 is 0 Å². The molecule has 2 aliphatic heterocycles. The van der Waals surface area contributed by atoms with Crippen molar-refractivity contribution in [2.75, 3.05) is 26.2 Å². The molecule has 1 amide bonds. The zero-order valence-electron chi connectivity index (χ0n) is 17.5. The first-order valence-corrected chi connectivity index (χ1v) is 10.4. The molecule has 0 spiro atoms.